The molecule has 5 heteroatoms. The third kappa shape index (κ3) is 3.88. The lowest BCUT2D eigenvalue weighted by molar-refractivity contribution is 0.124. The Kier molecular flexibility index (Phi) is 5.58. The number of hydrogen-bond acceptors (Lipinski definition) is 1. The van der Waals surface area contributed by atoms with Crippen LogP contribution in [-0.2, 0) is 0 Å². The predicted octanol–water partition coefficient (Wildman–Crippen LogP) is 7.24. The predicted molar refractivity (Wildman–Crippen MR) is 105 cm³/mol. The van der Waals surface area contributed by atoms with E-state index in [2.05, 4.69) is 11.7 Å². The van der Waals surface area contributed by atoms with E-state index in [9.17, 15) is 17.6 Å². The lowest BCUT2D eigenvalue weighted by atomic mass is 9.64. The maximum Gasteiger partial charge on any atom is 0.190 e. The molecule has 1 nitrogen and oxygen atoms in total. The number of halogens is 4. The van der Waals surface area contributed by atoms with E-state index < -0.39 is 34.6 Å². The van der Waals surface area contributed by atoms with Crippen molar-refractivity contribution in [2.45, 2.75) is 51.4 Å². The third-order valence-electron chi connectivity index (χ3n) is 6.90. The Morgan fingerprint density at radius 2 is 1.34 bits per heavy atom. The van der Waals surface area contributed by atoms with Gasteiger partial charge in [0.1, 0.15) is 11.6 Å². The first kappa shape index (κ1) is 20.2. The van der Waals surface area contributed by atoms with E-state index in [1.54, 1.807) is 0 Å². The van der Waals surface area contributed by atoms with Crippen LogP contribution in [0.15, 0.2) is 24.3 Å². The zero-order valence-corrected chi connectivity index (χ0v) is 16.8. The zero-order valence-electron chi connectivity index (χ0n) is 16.8. The van der Waals surface area contributed by atoms with Crippen molar-refractivity contribution in [3.63, 3.8) is 0 Å². The maximum absolute atomic E-state index is 14.9. The highest BCUT2D eigenvalue weighted by Crippen LogP contribution is 2.48. The van der Waals surface area contributed by atoms with Crippen LogP contribution >= 0.6 is 0 Å². The van der Waals surface area contributed by atoms with Crippen molar-refractivity contribution in [2.75, 3.05) is 7.11 Å². The fourth-order valence-electron chi connectivity index (χ4n) is 5.43. The van der Waals surface area contributed by atoms with Crippen molar-refractivity contribution in [1.82, 2.24) is 0 Å². The molecule has 0 aromatic heterocycles. The van der Waals surface area contributed by atoms with E-state index in [0.717, 1.165) is 50.3 Å². The van der Waals surface area contributed by atoms with Crippen molar-refractivity contribution in [1.29, 1.82) is 0 Å². The molecule has 4 atom stereocenters. The Morgan fingerprint density at radius 1 is 0.759 bits per heavy atom. The van der Waals surface area contributed by atoms with Crippen LogP contribution < -0.4 is 4.74 Å². The first-order valence-corrected chi connectivity index (χ1v) is 10.4. The molecule has 1 unspecified atom stereocenters. The fraction of sp³-hybridized carbons (Fsp3) is 0.500. The minimum atomic E-state index is -0.991. The molecule has 2 aromatic carbocycles. The number of rotatable bonds is 3. The Hall–Kier alpha value is -2.04. The minimum Gasteiger partial charge on any atom is -0.491 e. The van der Waals surface area contributed by atoms with Gasteiger partial charge in [-0.2, -0.15) is 0 Å². The molecule has 0 bridgehead atoms. The Bertz CT molecular complexity index is 864. The van der Waals surface area contributed by atoms with E-state index in [1.807, 2.05) is 0 Å². The van der Waals surface area contributed by atoms with Gasteiger partial charge in [0.2, 0.25) is 0 Å². The molecule has 0 heterocycles. The van der Waals surface area contributed by atoms with Crippen LogP contribution in [0.4, 0.5) is 17.6 Å². The highest BCUT2D eigenvalue weighted by Gasteiger charge is 2.35. The summed E-state index contributed by atoms with van der Waals surface area (Å²) < 4.78 is 62.4. The second-order valence-corrected chi connectivity index (χ2v) is 8.78. The van der Waals surface area contributed by atoms with Gasteiger partial charge in [-0.3, -0.25) is 0 Å². The Balaban J connectivity index is 1.61. The minimum absolute atomic E-state index is 0.132. The Morgan fingerprint density at radius 3 is 1.97 bits per heavy atom. The van der Waals surface area contributed by atoms with Crippen molar-refractivity contribution in [3.05, 3.63) is 53.1 Å². The summed E-state index contributed by atoms with van der Waals surface area (Å²) in [5.41, 5.74) is 0.0667. The van der Waals surface area contributed by atoms with Crippen molar-refractivity contribution < 1.29 is 22.3 Å². The molecule has 2 aliphatic rings. The number of hydrogen-bond donors (Lipinski definition) is 0. The molecule has 4 rings (SSSR count). The summed E-state index contributed by atoms with van der Waals surface area (Å²) in [7, 11) is 1.14. The van der Waals surface area contributed by atoms with Crippen LogP contribution in [0.1, 0.15) is 56.9 Å². The number of benzene rings is 2. The molecule has 2 fully saturated rings. The average molecular weight is 406 g/mol. The standard InChI is InChI=1S/C24H26F4O/c1-13-3-4-15-8-16(6-5-14(15)7-13)17-9-19(25)23(20(26)10-17)18-11-21(27)24(29-2)22(28)12-18/h9-16H,3-8H2,1-2H3/t13?,14-,15-,16-/m1/s1. The van der Waals surface area contributed by atoms with Gasteiger partial charge in [-0.25, -0.2) is 17.6 Å². The van der Waals surface area contributed by atoms with Crippen molar-refractivity contribution in [3.8, 4) is 16.9 Å². The van der Waals surface area contributed by atoms with Gasteiger partial charge in [0.15, 0.2) is 17.4 Å². The molecule has 0 aliphatic heterocycles. The lowest BCUT2D eigenvalue weighted by Crippen LogP contribution is -2.29. The lowest BCUT2D eigenvalue weighted by Gasteiger charge is -2.41. The van der Waals surface area contributed by atoms with Crippen molar-refractivity contribution >= 4 is 0 Å². The monoisotopic (exact) mass is 406 g/mol. The first-order valence-electron chi connectivity index (χ1n) is 10.4. The molecule has 0 amide bonds. The van der Waals surface area contributed by atoms with Gasteiger partial charge < -0.3 is 4.74 Å². The van der Waals surface area contributed by atoms with Crippen LogP contribution in [-0.4, -0.2) is 7.11 Å². The van der Waals surface area contributed by atoms with Crippen LogP contribution in [0, 0.1) is 41.0 Å². The van der Waals surface area contributed by atoms with Gasteiger partial charge in [0, 0.05) is 0 Å². The smallest absolute Gasteiger partial charge is 0.190 e. The van der Waals surface area contributed by atoms with Crippen LogP contribution in [0.3, 0.4) is 0 Å². The number of methoxy groups -OCH3 is 1. The van der Waals surface area contributed by atoms with E-state index in [1.165, 1.54) is 31.4 Å². The molecule has 2 saturated carbocycles. The van der Waals surface area contributed by atoms with Gasteiger partial charge in [-0.15, -0.1) is 0 Å². The summed E-state index contributed by atoms with van der Waals surface area (Å²) in [6.07, 6.45) is 6.66. The second-order valence-electron chi connectivity index (χ2n) is 8.78. The zero-order chi connectivity index (χ0) is 20.7. The number of fused-ring (bicyclic) bond motifs is 1. The SMILES string of the molecule is COc1c(F)cc(-c2c(F)cc([C@@H]3CC[C@@H]4CC(C)CC[C@@H]4C3)cc2F)cc1F. The summed E-state index contributed by atoms with van der Waals surface area (Å²) in [6.45, 7) is 2.30. The summed E-state index contributed by atoms with van der Waals surface area (Å²) in [5, 5.41) is 0. The molecular formula is C24H26F4O. The Labute approximate surface area is 169 Å². The molecule has 0 saturated heterocycles. The van der Waals surface area contributed by atoms with E-state index >= 15 is 0 Å². The normalized spacial score (nSPS) is 26.8. The molecule has 2 aliphatic carbocycles. The van der Waals surface area contributed by atoms with Crippen LogP contribution in [0.25, 0.3) is 11.1 Å². The second kappa shape index (κ2) is 8.00. The highest BCUT2D eigenvalue weighted by atomic mass is 19.1. The number of ether oxygens (including phenoxy) is 1. The van der Waals surface area contributed by atoms with E-state index in [0.29, 0.717) is 11.5 Å². The summed E-state index contributed by atoms with van der Waals surface area (Å²) in [6, 6.07) is 4.48. The van der Waals surface area contributed by atoms with Gasteiger partial charge in [-0.05, 0) is 91.2 Å². The van der Waals surface area contributed by atoms with Gasteiger partial charge in [0.25, 0.3) is 0 Å². The molecule has 0 N–H and O–H groups in total. The largest absolute Gasteiger partial charge is 0.491 e. The van der Waals surface area contributed by atoms with Crippen LogP contribution in [0.2, 0.25) is 0 Å². The van der Waals surface area contributed by atoms with Gasteiger partial charge in [-0.1, -0.05) is 13.3 Å². The third-order valence-corrected chi connectivity index (χ3v) is 6.90. The topological polar surface area (TPSA) is 9.23 Å². The highest BCUT2D eigenvalue weighted by molar-refractivity contribution is 5.66. The van der Waals surface area contributed by atoms with Crippen molar-refractivity contribution in [2.24, 2.45) is 17.8 Å². The molecular weight excluding hydrogens is 380 g/mol. The fourth-order valence-corrected chi connectivity index (χ4v) is 5.43. The van der Waals surface area contributed by atoms with E-state index in [-0.39, 0.29) is 11.5 Å². The van der Waals surface area contributed by atoms with Crippen LogP contribution in [0.5, 0.6) is 5.75 Å². The quantitative estimate of drug-likeness (QED) is 0.488. The average Bonchev–Trinajstić information content (AvgIpc) is 2.67. The molecule has 0 radical (unpaired) electrons. The van der Waals surface area contributed by atoms with Gasteiger partial charge >= 0.3 is 0 Å². The molecule has 2 aromatic rings. The molecule has 156 valence electrons. The van der Waals surface area contributed by atoms with E-state index in [4.69, 9.17) is 0 Å². The molecule has 29 heavy (non-hydrogen) atoms. The van der Waals surface area contributed by atoms with Gasteiger partial charge in [0.05, 0.1) is 12.7 Å². The summed E-state index contributed by atoms with van der Waals surface area (Å²) >= 11 is 0. The first-order chi connectivity index (χ1) is 13.9. The summed E-state index contributed by atoms with van der Waals surface area (Å²) in [4.78, 5) is 0. The maximum atomic E-state index is 14.9. The molecule has 0 spiro atoms. The summed E-state index contributed by atoms with van der Waals surface area (Å²) in [5.74, 6) is -1.86.